The number of carbonyl (C=O) groups excluding carboxylic acids is 2. The fraction of sp³-hybridized carbons (Fsp3) is 0.385. The molecule has 0 unspecified atom stereocenters. The van der Waals surface area contributed by atoms with Crippen LogP contribution in [0.15, 0.2) is 23.1 Å². The molecule has 5 heteroatoms. The Morgan fingerprint density at radius 3 is 3.06 bits per heavy atom. The van der Waals surface area contributed by atoms with E-state index < -0.39 is 11.9 Å². The highest BCUT2D eigenvalue weighted by Crippen LogP contribution is 2.31. The Labute approximate surface area is 110 Å². The van der Waals surface area contributed by atoms with Crippen LogP contribution in [0.25, 0.3) is 0 Å². The number of rotatable bonds is 2. The third-order valence-electron chi connectivity index (χ3n) is 2.63. The van der Waals surface area contributed by atoms with Crippen molar-refractivity contribution in [3.63, 3.8) is 0 Å². The Hall–Kier alpha value is -1.49. The van der Waals surface area contributed by atoms with Gasteiger partial charge < -0.3 is 10.1 Å². The van der Waals surface area contributed by atoms with Gasteiger partial charge in [0.15, 0.2) is 0 Å². The minimum absolute atomic E-state index is 0.201. The first-order valence-corrected chi connectivity index (χ1v) is 6.93. The van der Waals surface area contributed by atoms with Gasteiger partial charge in [-0.25, -0.2) is 4.79 Å². The zero-order chi connectivity index (χ0) is 13.0. The second-order valence-electron chi connectivity index (χ2n) is 3.95. The number of carbonyl (C=O) groups is 2. The molecule has 0 radical (unpaired) electrons. The lowest BCUT2D eigenvalue weighted by Crippen LogP contribution is -2.25. The molecule has 0 bridgehead atoms. The van der Waals surface area contributed by atoms with Gasteiger partial charge in [0.05, 0.1) is 6.61 Å². The highest BCUT2D eigenvalue weighted by Gasteiger charge is 2.16. The average Bonchev–Trinajstić information content (AvgIpc) is 2.39. The van der Waals surface area contributed by atoms with Crippen LogP contribution in [0.1, 0.15) is 18.9 Å². The molecule has 0 saturated carbocycles. The molecule has 0 spiro atoms. The third kappa shape index (κ3) is 3.04. The molecule has 0 atom stereocenters. The van der Waals surface area contributed by atoms with Crippen LogP contribution in [0.4, 0.5) is 5.69 Å². The van der Waals surface area contributed by atoms with Crippen molar-refractivity contribution in [1.29, 1.82) is 0 Å². The van der Waals surface area contributed by atoms with E-state index in [1.807, 2.05) is 30.0 Å². The Kier molecular flexibility index (Phi) is 4.25. The van der Waals surface area contributed by atoms with Gasteiger partial charge in [-0.15, -0.1) is 11.8 Å². The maximum Gasteiger partial charge on any atom is 0.397 e. The van der Waals surface area contributed by atoms with Gasteiger partial charge in [-0.2, -0.15) is 0 Å². The van der Waals surface area contributed by atoms with Gasteiger partial charge in [0.2, 0.25) is 0 Å². The number of benzene rings is 1. The van der Waals surface area contributed by atoms with E-state index in [1.165, 1.54) is 10.5 Å². The predicted molar refractivity (Wildman–Crippen MR) is 70.7 cm³/mol. The van der Waals surface area contributed by atoms with Crippen LogP contribution in [-0.4, -0.2) is 24.2 Å². The van der Waals surface area contributed by atoms with Gasteiger partial charge >= 0.3 is 11.9 Å². The summed E-state index contributed by atoms with van der Waals surface area (Å²) in [6.07, 6.45) is 2.17. The number of anilines is 1. The maximum absolute atomic E-state index is 11.5. The fourth-order valence-corrected chi connectivity index (χ4v) is 2.84. The molecule has 1 amide bonds. The molecule has 1 heterocycles. The van der Waals surface area contributed by atoms with Gasteiger partial charge in [-0.3, -0.25) is 4.79 Å². The molecule has 0 aromatic heterocycles. The molecule has 0 saturated heterocycles. The lowest BCUT2D eigenvalue weighted by molar-refractivity contribution is -0.152. The van der Waals surface area contributed by atoms with Crippen LogP contribution >= 0.6 is 11.8 Å². The third-order valence-corrected chi connectivity index (χ3v) is 3.83. The molecule has 1 N–H and O–H groups in total. The summed E-state index contributed by atoms with van der Waals surface area (Å²) in [4.78, 5) is 23.9. The molecular weight excluding hydrogens is 250 g/mol. The normalized spacial score (nSPS) is 13.6. The largest absolute Gasteiger partial charge is 0.459 e. The molecule has 18 heavy (non-hydrogen) atoms. The summed E-state index contributed by atoms with van der Waals surface area (Å²) in [6.45, 7) is 1.87. The van der Waals surface area contributed by atoms with Crippen molar-refractivity contribution in [3.8, 4) is 0 Å². The van der Waals surface area contributed by atoms with E-state index >= 15 is 0 Å². The van der Waals surface area contributed by atoms with Crippen molar-refractivity contribution in [3.05, 3.63) is 23.8 Å². The molecule has 2 rings (SSSR count). The average molecular weight is 265 g/mol. The van der Waals surface area contributed by atoms with E-state index in [-0.39, 0.29) is 6.61 Å². The molecule has 4 nitrogen and oxygen atoms in total. The van der Waals surface area contributed by atoms with E-state index in [9.17, 15) is 9.59 Å². The Morgan fingerprint density at radius 2 is 2.28 bits per heavy atom. The van der Waals surface area contributed by atoms with Crippen molar-refractivity contribution in [2.24, 2.45) is 0 Å². The number of fused-ring (bicyclic) bond motifs is 1. The van der Waals surface area contributed by atoms with Crippen molar-refractivity contribution in [2.45, 2.75) is 24.7 Å². The number of amides is 1. The van der Waals surface area contributed by atoms with Crippen molar-refractivity contribution in [1.82, 2.24) is 0 Å². The van der Waals surface area contributed by atoms with Gasteiger partial charge in [-0.1, -0.05) is 0 Å². The number of nitrogens with one attached hydrogen (secondary N) is 1. The predicted octanol–water partition coefficient (Wildman–Crippen LogP) is 2.23. The van der Waals surface area contributed by atoms with Crippen molar-refractivity contribution < 1.29 is 14.3 Å². The van der Waals surface area contributed by atoms with Crippen molar-refractivity contribution in [2.75, 3.05) is 17.7 Å². The minimum atomic E-state index is -0.843. The van der Waals surface area contributed by atoms with Crippen LogP contribution in [-0.2, 0) is 20.7 Å². The van der Waals surface area contributed by atoms with Gasteiger partial charge in [-0.05, 0) is 49.3 Å². The van der Waals surface area contributed by atoms with E-state index in [1.54, 1.807) is 6.92 Å². The Balaban J connectivity index is 2.06. The summed E-state index contributed by atoms with van der Waals surface area (Å²) in [5.41, 5.74) is 1.88. The van der Waals surface area contributed by atoms with E-state index in [4.69, 9.17) is 0 Å². The number of esters is 1. The number of aryl methyl sites for hydroxylation is 1. The monoisotopic (exact) mass is 265 g/mol. The van der Waals surface area contributed by atoms with Crippen LogP contribution < -0.4 is 5.32 Å². The topological polar surface area (TPSA) is 55.4 Å². The second-order valence-corrected chi connectivity index (χ2v) is 5.09. The van der Waals surface area contributed by atoms with Gasteiger partial charge in [0, 0.05) is 10.6 Å². The first-order chi connectivity index (χ1) is 8.70. The van der Waals surface area contributed by atoms with Crippen LogP contribution in [0.5, 0.6) is 0 Å². The standard InChI is InChI=1S/C13H15NO3S/c1-2-17-13(16)12(15)14-10-5-6-11-9(8-10)4-3-7-18-11/h5-6,8H,2-4,7H2,1H3,(H,14,15). The highest BCUT2D eigenvalue weighted by molar-refractivity contribution is 7.99. The lowest BCUT2D eigenvalue weighted by atomic mass is 10.1. The van der Waals surface area contributed by atoms with Gasteiger partial charge in [0.25, 0.3) is 0 Å². The zero-order valence-corrected chi connectivity index (χ0v) is 11.0. The smallest absolute Gasteiger partial charge is 0.397 e. The molecule has 96 valence electrons. The zero-order valence-electron chi connectivity index (χ0n) is 10.2. The summed E-state index contributed by atoms with van der Waals surface area (Å²) in [5, 5.41) is 2.55. The summed E-state index contributed by atoms with van der Waals surface area (Å²) < 4.78 is 4.63. The molecule has 1 aliphatic rings. The molecule has 0 fully saturated rings. The summed E-state index contributed by atoms with van der Waals surface area (Å²) in [7, 11) is 0. The first-order valence-electron chi connectivity index (χ1n) is 5.94. The van der Waals surface area contributed by atoms with E-state index in [0.29, 0.717) is 5.69 Å². The van der Waals surface area contributed by atoms with Crippen LogP contribution in [0.2, 0.25) is 0 Å². The fourth-order valence-electron chi connectivity index (χ4n) is 1.82. The van der Waals surface area contributed by atoms with Crippen molar-refractivity contribution >= 4 is 29.3 Å². The highest BCUT2D eigenvalue weighted by atomic mass is 32.2. The first kappa shape index (κ1) is 13.0. The maximum atomic E-state index is 11.5. The summed E-state index contributed by atoms with van der Waals surface area (Å²) >= 11 is 1.83. The SMILES string of the molecule is CCOC(=O)C(=O)Nc1ccc2c(c1)CCCS2. The van der Waals surface area contributed by atoms with E-state index in [2.05, 4.69) is 10.1 Å². The Bertz CT molecular complexity index is 473. The molecule has 1 aromatic rings. The number of hydrogen-bond donors (Lipinski definition) is 1. The molecular formula is C13H15NO3S. The second kappa shape index (κ2) is 5.91. The quantitative estimate of drug-likeness (QED) is 0.658. The molecule has 1 aromatic carbocycles. The molecule has 1 aliphatic heterocycles. The number of ether oxygens (including phenoxy) is 1. The number of hydrogen-bond acceptors (Lipinski definition) is 4. The summed E-state index contributed by atoms with van der Waals surface area (Å²) in [6, 6.07) is 5.73. The summed E-state index contributed by atoms with van der Waals surface area (Å²) in [5.74, 6) is -0.425. The van der Waals surface area contributed by atoms with E-state index in [0.717, 1.165) is 18.6 Å². The van der Waals surface area contributed by atoms with Gasteiger partial charge in [0.1, 0.15) is 0 Å². The Morgan fingerprint density at radius 1 is 1.44 bits per heavy atom. The van der Waals surface area contributed by atoms with Crippen LogP contribution in [0.3, 0.4) is 0 Å². The number of thioether (sulfide) groups is 1. The van der Waals surface area contributed by atoms with Crippen LogP contribution in [0, 0.1) is 0 Å². The minimum Gasteiger partial charge on any atom is -0.459 e. The lowest BCUT2D eigenvalue weighted by Gasteiger charge is -2.16. The molecule has 0 aliphatic carbocycles.